The molecule has 0 spiro atoms. The molecule has 0 aromatic heterocycles. The molecule has 6 nitrogen and oxygen atoms in total. The first kappa shape index (κ1) is 14.1. The van der Waals surface area contributed by atoms with Crippen molar-refractivity contribution in [3.8, 4) is 0 Å². The third-order valence-corrected chi connectivity index (χ3v) is 4.01. The molecule has 0 saturated carbocycles. The molecule has 108 valence electrons. The summed E-state index contributed by atoms with van der Waals surface area (Å²) < 4.78 is 4.92. The van der Waals surface area contributed by atoms with Crippen LogP contribution in [0.15, 0.2) is 0 Å². The van der Waals surface area contributed by atoms with E-state index >= 15 is 0 Å². The van der Waals surface area contributed by atoms with Crippen molar-refractivity contribution in [1.29, 1.82) is 0 Å². The van der Waals surface area contributed by atoms with Gasteiger partial charge >= 0.3 is 12.0 Å². The molecule has 2 fully saturated rings. The lowest BCUT2D eigenvalue weighted by molar-refractivity contribution is -0.148. The van der Waals surface area contributed by atoms with Crippen molar-refractivity contribution in [3.63, 3.8) is 0 Å². The zero-order valence-corrected chi connectivity index (χ0v) is 11.7. The Kier molecular flexibility index (Phi) is 4.63. The van der Waals surface area contributed by atoms with Gasteiger partial charge in [-0.2, -0.15) is 0 Å². The number of carbonyl (C=O) groups excluding carboxylic acids is 2. The van der Waals surface area contributed by atoms with Gasteiger partial charge in [-0.1, -0.05) is 19.8 Å². The number of hydrogen-bond acceptors (Lipinski definition) is 4. The van der Waals surface area contributed by atoms with Crippen LogP contribution in [0.2, 0.25) is 0 Å². The molecule has 0 radical (unpaired) electrons. The number of fused-ring (bicyclic) bond motifs is 1. The van der Waals surface area contributed by atoms with Gasteiger partial charge in [-0.3, -0.25) is 9.69 Å². The lowest BCUT2D eigenvalue weighted by Gasteiger charge is -2.39. The van der Waals surface area contributed by atoms with E-state index in [9.17, 15) is 9.59 Å². The van der Waals surface area contributed by atoms with E-state index in [1.165, 1.54) is 7.11 Å². The zero-order valence-electron chi connectivity index (χ0n) is 11.7. The number of carbonyl (C=O) groups is 2. The SMILES string of the molecule is CCCCC(C(=O)OC)N1CCN2C(=O)NCC2C1. The normalized spacial score (nSPS) is 24.8. The van der Waals surface area contributed by atoms with Gasteiger partial charge in [0.2, 0.25) is 0 Å². The Labute approximate surface area is 114 Å². The van der Waals surface area contributed by atoms with Gasteiger partial charge < -0.3 is 15.0 Å². The monoisotopic (exact) mass is 269 g/mol. The Balaban J connectivity index is 1.98. The number of esters is 1. The van der Waals surface area contributed by atoms with Crippen molar-refractivity contribution in [2.45, 2.75) is 38.3 Å². The highest BCUT2D eigenvalue weighted by Gasteiger charge is 2.39. The maximum atomic E-state index is 11.9. The van der Waals surface area contributed by atoms with E-state index in [1.807, 2.05) is 4.90 Å². The molecule has 2 rings (SSSR count). The van der Waals surface area contributed by atoms with Crippen LogP contribution in [0.4, 0.5) is 4.79 Å². The topological polar surface area (TPSA) is 61.9 Å². The number of rotatable bonds is 5. The summed E-state index contributed by atoms with van der Waals surface area (Å²) in [4.78, 5) is 27.5. The highest BCUT2D eigenvalue weighted by Crippen LogP contribution is 2.19. The minimum absolute atomic E-state index is 0.0211. The van der Waals surface area contributed by atoms with Crippen molar-refractivity contribution in [1.82, 2.24) is 15.1 Å². The lowest BCUT2D eigenvalue weighted by Crippen LogP contribution is -2.56. The van der Waals surface area contributed by atoms with Crippen LogP contribution in [0.1, 0.15) is 26.2 Å². The molecular formula is C13H23N3O3. The summed E-state index contributed by atoms with van der Waals surface area (Å²) in [6, 6.07) is 0.0469. The average molecular weight is 269 g/mol. The summed E-state index contributed by atoms with van der Waals surface area (Å²) in [5.41, 5.74) is 0. The van der Waals surface area contributed by atoms with Crippen molar-refractivity contribution >= 4 is 12.0 Å². The van der Waals surface area contributed by atoms with Gasteiger partial charge in [0.25, 0.3) is 0 Å². The fourth-order valence-electron chi connectivity index (χ4n) is 2.89. The van der Waals surface area contributed by atoms with Crippen molar-refractivity contribution in [3.05, 3.63) is 0 Å². The van der Waals surface area contributed by atoms with Gasteiger partial charge in [0.15, 0.2) is 0 Å². The third kappa shape index (κ3) is 3.00. The van der Waals surface area contributed by atoms with Gasteiger partial charge in [0.1, 0.15) is 6.04 Å². The number of piperazine rings is 1. The van der Waals surface area contributed by atoms with Crippen molar-refractivity contribution in [2.24, 2.45) is 0 Å². The summed E-state index contributed by atoms with van der Waals surface area (Å²) in [5, 5.41) is 2.85. The summed E-state index contributed by atoms with van der Waals surface area (Å²) in [7, 11) is 1.44. The quantitative estimate of drug-likeness (QED) is 0.735. The number of urea groups is 1. The number of unbranched alkanes of at least 4 members (excludes halogenated alkanes) is 1. The first-order valence-electron chi connectivity index (χ1n) is 7.03. The highest BCUT2D eigenvalue weighted by molar-refractivity contribution is 5.78. The number of ether oxygens (including phenoxy) is 1. The van der Waals surface area contributed by atoms with Crippen LogP contribution in [0.5, 0.6) is 0 Å². The first-order valence-corrected chi connectivity index (χ1v) is 7.03. The standard InChI is InChI=1S/C13H23N3O3/c1-3-4-5-11(12(17)19-2)15-6-7-16-10(9-15)8-14-13(16)18/h10-11H,3-9H2,1-2H3,(H,14,18). The molecule has 0 aromatic rings. The molecule has 19 heavy (non-hydrogen) atoms. The Morgan fingerprint density at radius 2 is 2.32 bits per heavy atom. The van der Waals surface area contributed by atoms with E-state index in [0.717, 1.165) is 32.4 Å². The second-order valence-electron chi connectivity index (χ2n) is 5.21. The predicted octanol–water partition coefficient (Wildman–Crippen LogP) is 0.428. The molecule has 2 aliphatic heterocycles. The predicted molar refractivity (Wildman–Crippen MR) is 70.8 cm³/mol. The molecule has 6 heteroatoms. The molecule has 1 N–H and O–H groups in total. The van der Waals surface area contributed by atoms with Crippen LogP contribution in [0.25, 0.3) is 0 Å². The van der Waals surface area contributed by atoms with E-state index in [1.54, 1.807) is 0 Å². The molecule has 2 unspecified atom stereocenters. The second-order valence-corrected chi connectivity index (χ2v) is 5.21. The third-order valence-electron chi connectivity index (χ3n) is 4.01. The van der Waals surface area contributed by atoms with Gasteiger partial charge in [-0.05, 0) is 6.42 Å². The van der Waals surface area contributed by atoms with E-state index in [-0.39, 0.29) is 24.1 Å². The van der Waals surface area contributed by atoms with Crippen LogP contribution < -0.4 is 5.32 Å². The number of nitrogens with one attached hydrogen (secondary N) is 1. The van der Waals surface area contributed by atoms with Crippen LogP contribution in [-0.4, -0.2) is 67.2 Å². The van der Waals surface area contributed by atoms with Crippen molar-refractivity contribution < 1.29 is 14.3 Å². The second kappa shape index (κ2) is 6.23. The number of hydrogen-bond donors (Lipinski definition) is 1. The molecule has 2 saturated heterocycles. The van der Waals surface area contributed by atoms with Gasteiger partial charge in [-0.15, -0.1) is 0 Å². The minimum Gasteiger partial charge on any atom is -0.468 e. The van der Waals surface area contributed by atoms with Crippen LogP contribution in [-0.2, 0) is 9.53 Å². The summed E-state index contributed by atoms with van der Waals surface area (Å²) in [6.45, 7) is 4.98. The lowest BCUT2D eigenvalue weighted by atomic mass is 10.1. The smallest absolute Gasteiger partial charge is 0.323 e. The van der Waals surface area contributed by atoms with E-state index < -0.39 is 0 Å². The van der Waals surface area contributed by atoms with E-state index in [4.69, 9.17) is 4.74 Å². The first-order chi connectivity index (χ1) is 9.17. The van der Waals surface area contributed by atoms with Gasteiger partial charge in [0.05, 0.1) is 13.2 Å². The molecular weight excluding hydrogens is 246 g/mol. The Hall–Kier alpha value is -1.30. The molecule has 2 amide bonds. The fourth-order valence-corrected chi connectivity index (χ4v) is 2.89. The number of nitrogens with zero attached hydrogens (tertiary/aromatic N) is 2. The minimum atomic E-state index is -0.164. The molecule has 0 aromatic carbocycles. The van der Waals surface area contributed by atoms with Crippen LogP contribution >= 0.6 is 0 Å². The Morgan fingerprint density at radius 3 is 3.00 bits per heavy atom. The number of methoxy groups -OCH3 is 1. The summed E-state index contributed by atoms with van der Waals surface area (Å²) in [5.74, 6) is -0.154. The average Bonchev–Trinajstić information content (AvgIpc) is 2.80. The van der Waals surface area contributed by atoms with Crippen LogP contribution in [0.3, 0.4) is 0 Å². The summed E-state index contributed by atoms with van der Waals surface area (Å²) >= 11 is 0. The molecule has 2 heterocycles. The molecule has 2 atom stereocenters. The zero-order chi connectivity index (χ0) is 13.8. The highest BCUT2D eigenvalue weighted by atomic mass is 16.5. The largest absolute Gasteiger partial charge is 0.468 e. The fraction of sp³-hybridized carbons (Fsp3) is 0.846. The Morgan fingerprint density at radius 1 is 1.53 bits per heavy atom. The summed E-state index contributed by atoms with van der Waals surface area (Å²) in [6.07, 6.45) is 2.91. The van der Waals surface area contributed by atoms with Crippen molar-refractivity contribution in [2.75, 3.05) is 33.3 Å². The van der Waals surface area contributed by atoms with E-state index in [0.29, 0.717) is 13.1 Å². The van der Waals surface area contributed by atoms with Gasteiger partial charge in [-0.25, -0.2) is 4.79 Å². The van der Waals surface area contributed by atoms with E-state index in [2.05, 4.69) is 17.1 Å². The molecule has 0 aliphatic carbocycles. The maximum Gasteiger partial charge on any atom is 0.323 e. The maximum absolute atomic E-state index is 11.9. The molecule has 0 bridgehead atoms. The Bertz CT molecular complexity index is 348. The number of amides is 2. The van der Waals surface area contributed by atoms with Gasteiger partial charge in [0, 0.05) is 26.2 Å². The molecule has 2 aliphatic rings. The van der Waals surface area contributed by atoms with Crippen LogP contribution in [0, 0.1) is 0 Å².